The van der Waals surface area contributed by atoms with Gasteiger partial charge in [0.1, 0.15) is 11.6 Å². The zero-order chi connectivity index (χ0) is 21.2. The molecule has 1 aliphatic heterocycles. The normalized spacial score (nSPS) is 21.7. The Morgan fingerprint density at radius 3 is 2.45 bits per heavy atom. The molecule has 29 heavy (non-hydrogen) atoms. The van der Waals surface area contributed by atoms with Crippen LogP contribution in [0.25, 0.3) is 11.4 Å². The summed E-state index contributed by atoms with van der Waals surface area (Å²) in [4.78, 5) is 4.70. The summed E-state index contributed by atoms with van der Waals surface area (Å²) < 4.78 is 27.7. The number of aliphatic hydroxyl groups is 1. The minimum atomic E-state index is -0.588. The number of halogens is 1. The highest BCUT2D eigenvalue weighted by Gasteiger charge is 2.34. The van der Waals surface area contributed by atoms with Crippen molar-refractivity contribution in [2.45, 2.75) is 90.9 Å². The minimum absolute atomic E-state index is 0.0877. The first-order valence-electron chi connectivity index (χ1n) is 10.6. The van der Waals surface area contributed by atoms with Crippen molar-refractivity contribution in [2.75, 3.05) is 0 Å². The maximum Gasteiger partial charge on any atom is 0.163 e. The summed E-state index contributed by atoms with van der Waals surface area (Å²) in [7, 11) is 0. The molecule has 2 aromatic rings. The largest absolute Gasteiger partial charge is 0.390 e. The fourth-order valence-electron chi connectivity index (χ4n) is 4.24. The fourth-order valence-corrected chi connectivity index (χ4v) is 4.24. The Hall–Kier alpha value is -1.76. The Labute approximate surface area is 172 Å². The predicted molar refractivity (Wildman–Crippen MR) is 111 cm³/mol. The third kappa shape index (κ3) is 5.05. The first kappa shape index (κ1) is 21.9. The van der Waals surface area contributed by atoms with E-state index in [0.29, 0.717) is 12.2 Å². The van der Waals surface area contributed by atoms with E-state index in [2.05, 4.69) is 25.3 Å². The van der Waals surface area contributed by atoms with Gasteiger partial charge in [0.15, 0.2) is 5.79 Å². The Morgan fingerprint density at radius 2 is 1.86 bits per heavy atom. The number of hydrogen-bond acceptors (Lipinski definition) is 4. The number of ether oxygens (including phenoxy) is 2. The van der Waals surface area contributed by atoms with Gasteiger partial charge >= 0.3 is 0 Å². The fraction of sp³-hybridized carbons (Fsp3) is 0.609. The van der Waals surface area contributed by atoms with Crippen molar-refractivity contribution >= 4 is 0 Å². The van der Waals surface area contributed by atoms with Crippen molar-refractivity contribution in [2.24, 2.45) is 0 Å². The highest BCUT2D eigenvalue weighted by atomic mass is 19.1. The van der Waals surface area contributed by atoms with Crippen molar-refractivity contribution in [3.8, 4) is 11.4 Å². The number of aliphatic hydroxyl groups excluding tert-OH is 1. The monoisotopic (exact) mass is 404 g/mol. The van der Waals surface area contributed by atoms with Gasteiger partial charge in [-0.1, -0.05) is 20.8 Å². The molecule has 3 rings (SSSR count). The van der Waals surface area contributed by atoms with E-state index in [1.165, 1.54) is 12.1 Å². The summed E-state index contributed by atoms with van der Waals surface area (Å²) in [5.41, 5.74) is 2.54. The van der Waals surface area contributed by atoms with Gasteiger partial charge in [-0.15, -0.1) is 0 Å². The number of aromatic nitrogens is 2. The summed E-state index contributed by atoms with van der Waals surface area (Å²) in [6.45, 7) is 10.9. The van der Waals surface area contributed by atoms with E-state index in [9.17, 15) is 9.50 Å². The first-order chi connectivity index (χ1) is 13.7. The molecular formula is C23H33FN2O3. The van der Waals surface area contributed by atoms with Crippen molar-refractivity contribution < 1.29 is 19.0 Å². The van der Waals surface area contributed by atoms with Crippen molar-refractivity contribution in [3.63, 3.8) is 0 Å². The predicted octanol–water partition coefficient (Wildman–Crippen LogP) is 5.02. The van der Waals surface area contributed by atoms with Crippen molar-refractivity contribution in [3.05, 3.63) is 41.5 Å². The van der Waals surface area contributed by atoms with Gasteiger partial charge in [-0.3, -0.25) is 0 Å². The van der Waals surface area contributed by atoms with Gasteiger partial charge in [0, 0.05) is 24.2 Å². The standard InChI is InChI=1S/C23H33FN2O3/c1-6-18-13-19(29-23(4,5)28-18)11-12-26-21(15(2)3)20(14-27)25-22(26)16-7-9-17(24)10-8-16/h7-10,15,18-19,27H,6,11-14H2,1-5H3/t18-,19+/m0/s1. The highest BCUT2D eigenvalue weighted by molar-refractivity contribution is 5.57. The number of imidazole rings is 1. The quantitative estimate of drug-likeness (QED) is 0.704. The topological polar surface area (TPSA) is 56.5 Å². The second kappa shape index (κ2) is 8.94. The van der Waals surface area contributed by atoms with E-state index < -0.39 is 5.79 Å². The molecule has 1 fully saturated rings. The molecule has 1 aliphatic rings. The summed E-state index contributed by atoms with van der Waals surface area (Å²) in [5.74, 6) is 0.0993. The minimum Gasteiger partial charge on any atom is -0.390 e. The molecule has 0 saturated carbocycles. The second-order valence-electron chi connectivity index (χ2n) is 8.55. The van der Waals surface area contributed by atoms with E-state index in [-0.39, 0.29) is 30.5 Å². The van der Waals surface area contributed by atoms with Gasteiger partial charge in [0.2, 0.25) is 0 Å². The SMILES string of the molecule is CC[C@H]1C[C@@H](CCn2c(-c3ccc(F)cc3)nc(CO)c2C(C)C)OC(C)(C)O1. The van der Waals surface area contributed by atoms with Crippen LogP contribution in [0.3, 0.4) is 0 Å². The highest BCUT2D eigenvalue weighted by Crippen LogP contribution is 2.32. The lowest BCUT2D eigenvalue weighted by Gasteiger charge is -2.40. The summed E-state index contributed by atoms with van der Waals surface area (Å²) in [5, 5.41) is 9.87. The van der Waals surface area contributed by atoms with Crippen LogP contribution in [0.4, 0.5) is 4.39 Å². The maximum atomic E-state index is 13.4. The number of rotatable bonds is 7. The maximum absolute atomic E-state index is 13.4. The van der Waals surface area contributed by atoms with Crippen molar-refractivity contribution in [1.82, 2.24) is 9.55 Å². The molecule has 0 spiro atoms. The molecule has 0 radical (unpaired) electrons. The van der Waals surface area contributed by atoms with Crippen LogP contribution in [-0.2, 0) is 22.6 Å². The first-order valence-corrected chi connectivity index (χ1v) is 10.6. The van der Waals surface area contributed by atoms with Crippen LogP contribution in [0.5, 0.6) is 0 Å². The number of benzene rings is 1. The molecule has 160 valence electrons. The molecule has 1 aromatic heterocycles. The lowest BCUT2D eigenvalue weighted by Crippen LogP contribution is -2.44. The molecule has 0 aliphatic carbocycles. The zero-order valence-electron chi connectivity index (χ0n) is 18.1. The Bertz CT molecular complexity index is 814. The summed E-state index contributed by atoms with van der Waals surface area (Å²) in [6.07, 6.45) is 2.93. The third-order valence-corrected chi connectivity index (χ3v) is 5.44. The molecule has 0 bridgehead atoms. The average Bonchev–Trinajstić information content (AvgIpc) is 3.04. The van der Waals surface area contributed by atoms with Crippen LogP contribution in [0, 0.1) is 5.82 Å². The van der Waals surface area contributed by atoms with E-state index in [0.717, 1.165) is 36.3 Å². The van der Waals surface area contributed by atoms with Crippen LogP contribution >= 0.6 is 0 Å². The molecule has 6 heteroatoms. The van der Waals surface area contributed by atoms with E-state index >= 15 is 0 Å². The van der Waals surface area contributed by atoms with Gasteiger partial charge in [0.25, 0.3) is 0 Å². The van der Waals surface area contributed by atoms with Crippen LogP contribution in [0.2, 0.25) is 0 Å². The Balaban J connectivity index is 1.90. The average molecular weight is 405 g/mol. The Morgan fingerprint density at radius 1 is 1.21 bits per heavy atom. The second-order valence-corrected chi connectivity index (χ2v) is 8.55. The Kier molecular flexibility index (Phi) is 6.76. The molecule has 0 unspecified atom stereocenters. The van der Waals surface area contributed by atoms with Crippen LogP contribution in [-0.4, -0.2) is 32.7 Å². The van der Waals surface area contributed by atoms with Gasteiger partial charge in [-0.25, -0.2) is 9.37 Å². The summed E-state index contributed by atoms with van der Waals surface area (Å²) >= 11 is 0. The molecule has 1 N–H and O–H groups in total. The summed E-state index contributed by atoms with van der Waals surface area (Å²) in [6, 6.07) is 6.36. The van der Waals surface area contributed by atoms with Crippen LogP contribution in [0.15, 0.2) is 24.3 Å². The smallest absolute Gasteiger partial charge is 0.163 e. The molecule has 2 heterocycles. The van der Waals surface area contributed by atoms with Gasteiger partial charge in [0.05, 0.1) is 24.5 Å². The zero-order valence-corrected chi connectivity index (χ0v) is 18.1. The van der Waals surface area contributed by atoms with E-state index in [1.807, 2.05) is 13.8 Å². The molecular weight excluding hydrogens is 371 g/mol. The molecule has 5 nitrogen and oxygen atoms in total. The number of nitrogens with zero attached hydrogens (tertiary/aromatic N) is 2. The van der Waals surface area contributed by atoms with Crippen LogP contribution in [0.1, 0.15) is 71.2 Å². The van der Waals surface area contributed by atoms with E-state index in [4.69, 9.17) is 14.5 Å². The van der Waals surface area contributed by atoms with Gasteiger partial charge < -0.3 is 19.1 Å². The number of hydrogen-bond donors (Lipinski definition) is 1. The molecule has 1 aromatic carbocycles. The van der Waals surface area contributed by atoms with Crippen molar-refractivity contribution in [1.29, 1.82) is 0 Å². The molecule has 2 atom stereocenters. The third-order valence-electron chi connectivity index (χ3n) is 5.44. The lowest BCUT2D eigenvalue weighted by atomic mass is 10.0. The van der Waals surface area contributed by atoms with E-state index in [1.54, 1.807) is 12.1 Å². The van der Waals surface area contributed by atoms with Gasteiger partial charge in [-0.05, 0) is 56.9 Å². The molecule has 1 saturated heterocycles. The lowest BCUT2D eigenvalue weighted by molar-refractivity contribution is -0.300. The van der Waals surface area contributed by atoms with Crippen LogP contribution < -0.4 is 0 Å². The molecule has 0 amide bonds. The van der Waals surface area contributed by atoms with Gasteiger partial charge in [-0.2, -0.15) is 0 Å².